The molecule has 1 aliphatic heterocycles. The predicted molar refractivity (Wildman–Crippen MR) is 137 cm³/mol. The summed E-state index contributed by atoms with van der Waals surface area (Å²) in [5, 5.41) is 15.3. The number of carbonyl (C=O) groups is 2. The number of aliphatic hydroxyl groups excluding tert-OH is 1. The van der Waals surface area contributed by atoms with E-state index in [0.717, 1.165) is 0 Å². The number of amides is 1. The molecule has 8 nitrogen and oxygen atoms in total. The lowest BCUT2D eigenvalue weighted by Crippen LogP contribution is -2.29. The zero-order valence-electron chi connectivity index (χ0n) is 20.3. The van der Waals surface area contributed by atoms with Crippen molar-refractivity contribution in [1.82, 2.24) is 5.16 Å². The fraction of sp³-hybridized carbons (Fsp3) is 0.138. The van der Waals surface area contributed by atoms with Crippen molar-refractivity contribution in [3.05, 3.63) is 107 Å². The van der Waals surface area contributed by atoms with E-state index in [9.17, 15) is 14.7 Å². The van der Waals surface area contributed by atoms with Gasteiger partial charge in [0.05, 0.1) is 18.2 Å². The Hall–Kier alpha value is -4.85. The van der Waals surface area contributed by atoms with Gasteiger partial charge in [-0.1, -0.05) is 35.5 Å². The number of ketones is 1. The standard InChI is InChI=1S/C29H24N2O6/c1-3-35-21-14-12-19(13-15-21)27(32)25-26(31(29(34)28(25)33)24-16-18(2)37-30-24)20-8-7-11-23(17-20)36-22-9-5-4-6-10-22/h4-17,26,32H,3H2,1-2H3. The van der Waals surface area contributed by atoms with E-state index in [0.29, 0.717) is 40.7 Å². The van der Waals surface area contributed by atoms with Crippen molar-refractivity contribution in [2.45, 2.75) is 19.9 Å². The van der Waals surface area contributed by atoms with Crippen LogP contribution in [0.4, 0.5) is 5.82 Å². The molecule has 0 saturated carbocycles. The van der Waals surface area contributed by atoms with E-state index in [2.05, 4.69) is 5.16 Å². The van der Waals surface area contributed by atoms with Gasteiger partial charge in [0.25, 0.3) is 5.78 Å². The number of rotatable bonds is 7. The third kappa shape index (κ3) is 4.69. The Labute approximate surface area is 213 Å². The van der Waals surface area contributed by atoms with Crippen molar-refractivity contribution >= 4 is 23.3 Å². The van der Waals surface area contributed by atoms with E-state index in [1.807, 2.05) is 37.3 Å². The Balaban J connectivity index is 1.62. The van der Waals surface area contributed by atoms with Gasteiger partial charge in [-0.25, -0.2) is 0 Å². The molecular formula is C29H24N2O6. The minimum atomic E-state index is -0.963. The number of aliphatic hydroxyl groups is 1. The molecule has 186 valence electrons. The van der Waals surface area contributed by atoms with E-state index in [4.69, 9.17) is 14.0 Å². The third-order valence-corrected chi connectivity index (χ3v) is 5.90. The molecule has 1 aliphatic rings. The van der Waals surface area contributed by atoms with Crippen molar-refractivity contribution in [2.24, 2.45) is 0 Å². The first-order chi connectivity index (χ1) is 18.0. The number of Topliss-reactive ketones (excluding diaryl/α,β-unsaturated/α-hetero) is 1. The molecule has 37 heavy (non-hydrogen) atoms. The molecule has 4 aromatic rings. The summed E-state index contributed by atoms with van der Waals surface area (Å²) >= 11 is 0. The van der Waals surface area contributed by atoms with Crippen LogP contribution in [-0.2, 0) is 9.59 Å². The maximum atomic E-state index is 13.3. The monoisotopic (exact) mass is 496 g/mol. The molecule has 0 radical (unpaired) electrons. The van der Waals surface area contributed by atoms with Crippen molar-refractivity contribution in [2.75, 3.05) is 11.5 Å². The topological polar surface area (TPSA) is 102 Å². The van der Waals surface area contributed by atoms with Crippen LogP contribution >= 0.6 is 0 Å². The molecule has 1 aromatic heterocycles. The summed E-state index contributed by atoms with van der Waals surface area (Å²) in [6, 6.07) is 23.6. The number of aromatic nitrogens is 1. The quantitative estimate of drug-likeness (QED) is 0.196. The number of hydrogen-bond donors (Lipinski definition) is 1. The van der Waals surface area contributed by atoms with Crippen LogP contribution in [0.2, 0.25) is 0 Å². The van der Waals surface area contributed by atoms with Crippen LogP contribution < -0.4 is 14.4 Å². The van der Waals surface area contributed by atoms with Crippen molar-refractivity contribution in [3.8, 4) is 17.2 Å². The highest BCUT2D eigenvalue weighted by atomic mass is 16.5. The smallest absolute Gasteiger partial charge is 0.301 e. The molecule has 1 amide bonds. The van der Waals surface area contributed by atoms with E-state index >= 15 is 0 Å². The Kier molecular flexibility index (Phi) is 6.47. The van der Waals surface area contributed by atoms with Crippen LogP contribution in [0.1, 0.15) is 29.9 Å². The molecular weight excluding hydrogens is 472 g/mol. The van der Waals surface area contributed by atoms with Gasteiger partial charge in [0.15, 0.2) is 5.82 Å². The van der Waals surface area contributed by atoms with Gasteiger partial charge in [-0.3, -0.25) is 14.5 Å². The van der Waals surface area contributed by atoms with Gasteiger partial charge in [0.1, 0.15) is 28.8 Å². The molecule has 3 aromatic carbocycles. The van der Waals surface area contributed by atoms with Crippen LogP contribution in [0.15, 0.2) is 95.0 Å². The van der Waals surface area contributed by atoms with E-state index < -0.39 is 17.7 Å². The third-order valence-electron chi connectivity index (χ3n) is 5.90. The SMILES string of the molecule is CCOc1ccc(C(O)=C2C(=O)C(=O)N(c3cc(C)on3)C2c2cccc(Oc3ccccc3)c2)cc1. The van der Waals surface area contributed by atoms with Crippen molar-refractivity contribution < 1.29 is 28.7 Å². The lowest BCUT2D eigenvalue weighted by Gasteiger charge is -2.23. The summed E-state index contributed by atoms with van der Waals surface area (Å²) in [6.07, 6.45) is 0. The predicted octanol–water partition coefficient (Wildman–Crippen LogP) is 5.80. The average molecular weight is 497 g/mol. The normalized spacial score (nSPS) is 16.7. The lowest BCUT2D eigenvalue weighted by molar-refractivity contribution is -0.132. The molecule has 1 N–H and O–H groups in total. The summed E-state index contributed by atoms with van der Waals surface area (Å²) in [5.74, 6) is 0.463. The Morgan fingerprint density at radius 3 is 2.35 bits per heavy atom. The van der Waals surface area contributed by atoms with Gasteiger partial charge in [0, 0.05) is 11.6 Å². The fourth-order valence-electron chi connectivity index (χ4n) is 4.25. The number of para-hydroxylation sites is 1. The van der Waals surface area contributed by atoms with Crippen LogP contribution in [0.3, 0.4) is 0 Å². The molecule has 0 bridgehead atoms. The van der Waals surface area contributed by atoms with Gasteiger partial charge in [0.2, 0.25) is 0 Å². The van der Waals surface area contributed by atoms with Gasteiger partial charge < -0.3 is 19.1 Å². The zero-order chi connectivity index (χ0) is 25.9. The highest BCUT2D eigenvalue weighted by molar-refractivity contribution is 6.51. The van der Waals surface area contributed by atoms with E-state index in [-0.39, 0.29) is 17.2 Å². The second-order valence-electron chi connectivity index (χ2n) is 8.41. The largest absolute Gasteiger partial charge is 0.507 e. The summed E-state index contributed by atoms with van der Waals surface area (Å²) in [4.78, 5) is 27.8. The first-order valence-corrected chi connectivity index (χ1v) is 11.8. The minimum absolute atomic E-state index is 0.0633. The number of ether oxygens (including phenoxy) is 2. The molecule has 1 unspecified atom stereocenters. The average Bonchev–Trinajstić information content (AvgIpc) is 3.45. The Bertz CT molecular complexity index is 1470. The molecule has 2 heterocycles. The van der Waals surface area contributed by atoms with Crippen LogP contribution in [0.5, 0.6) is 17.2 Å². The Morgan fingerprint density at radius 2 is 1.68 bits per heavy atom. The molecule has 1 saturated heterocycles. The molecule has 0 aliphatic carbocycles. The fourth-order valence-corrected chi connectivity index (χ4v) is 4.25. The zero-order valence-corrected chi connectivity index (χ0v) is 20.3. The van der Waals surface area contributed by atoms with Gasteiger partial charge in [-0.15, -0.1) is 0 Å². The summed E-state index contributed by atoms with van der Waals surface area (Å²) in [7, 11) is 0. The molecule has 5 rings (SSSR count). The van der Waals surface area contributed by atoms with Crippen molar-refractivity contribution in [3.63, 3.8) is 0 Å². The van der Waals surface area contributed by atoms with Gasteiger partial charge in [-0.2, -0.15) is 0 Å². The molecule has 8 heteroatoms. The van der Waals surface area contributed by atoms with E-state index in [1.165, 1.54) is 4.90 Å². The number of benzene rings is 3. The summed E-state index contributed by atoms with van der Waals surface area (Å²) in [5.41, 5.74) is 0.868. The van der Waals surface area contributed by atoms with Crippen molar-refractivity contribution in [1.29, 1.82) is 0 Å². The second-order valence-corrected chi connectivity index (χ2v) is 8.41. The Morgan fingerprint density at radius 1 is 0.946 bits per heavy atom. The van der Waals surface area contributed by atoms with Crippen LogP contribution in [0.25, 0.3) is 5.76 Å². The molecule has 1 atom stereocenters. The highest BCUT2D eigenvalue weighted by Gasteiger charge is 2.48. The number of nitrogens with zero attached hydrogens (tertiary/aromatic N) is 2. The summed E-state index contributed by atoms with van der Waals surface area (Å²) < 4.78 is 16.6. The highest BCUT2D eigenvalue weighted by Crippen LogP contribution is 2.43. The van der Waals surface area contributed by atoms with Crippen LogP contribution in [0, 0.1) is 6.92 Å². The number of carbonyl (C=O) groups excluding carboxylic acids is 2. The second kappa shape index (κ2) is 10.0. The number of hydrogen-bond acceptors (Lipinski definition) is 7. The first-order valence-electron chi connectivity index (χ1n) is 11.8. The summed E-state index contributed by atoms with van der Waals surface area (Å²) in [6.45, 7) is 4.06. The van der Waals surface area contributed by atoms with E-state index in [1.54, 1.807) is 61.5 Å². The molecule has 1 fully saturated rings. The van der Waals surface area contributed by atoms with Gasteiger partial charge in [-0.05, 0) is 67.9 Å². The van der Waals surface area contributed by atoms with Crippen LogP contribution in [-0.4, -0.2) is 28.6 Å². The number of aryl methyl sites for hydroxylation is 1. The molecule has 0 spiro atoms. The lowest BCUT2D eigenvalue weighted by atomic mass is 9.95. The number of anilines is 1. The minimum Gasteiger partial charge on any atom is -0.507 e. The van der Waals surface area contributed by atoms with Gasteiger partial charge >= 0.3 is 5.91 Å². The first kappa shape index (κ1) is 23.9. The maximum Gasteiger partial charge on any atom is 0.301 e. The maximum absolute atomic E-state index is 13.3.